The molecule has 0 spiro atoms. The predicted molar refractivity (Wildman–Crippen MR) is 70.5 cm³/mol. The SMILES string of the molecule is CCNc1cc(N2CCCN(C)CC2)ncn1. The van der Waals surface area contributed by atoms with Crippen LogP contribution in [-0.2, 0) is 0 Å². The number of rotatable bonds is 3. The molecular weight excluding hydrogens is 214 g/mol. The quantitative estimate of drug-likeness (QED) is 0.848. The molecule has 0 aliphatic carbocycles. The Morgan fingerprint density at radius 2 is 2.12 bits per heavy atom. The van der Waals surface area contributed by atoms with Crippen LogP contribution in [0.2, 0.25) is 0 Å². The third-order valence-electron chi connectivity index (χ3n) is 3.05. The van der Waals surface area contributed by atoms with Crippen LogP contribution in [0.25, 0.3) is 0 Å². The van der Waals surface area contributed by atoms with Crippen LogP contribution in [0.5, 0.6) is 0 Å². The number of likely N-dealkylation sites (N-methyl/N-ethyl adjacent to an activating group) is 1. The molecule has 0 atom stereocenters. The van der Waals surface area contributed by atoms with E-state index in [0.717, 1.165) is 37.8 Å². The van der Waals surface area contributed by atoms with E-state index in [-0.39, 0.29) is 0 Å². The van der Waals surface area contributed by atoms with Crippen molar-refractivity contribution in [3.63, 3.8) is 0 Å². The molecule has 17 heavy (non-hydrogen) atoms. The van der Waals surface area contributed by atoms with Gasteiger partial charge < -0.3 is 15.1 Å². The Labute approximate surface area is 103 Å². The van der Waals surface area contributed by atoms with Crippen LogP contribution in [-0.4, -0.2) is 54.6 Å². The lowest BCUT2D eigenvalue weighted by Gasteiger charge is -2.21. The van der Waals surface area contributed by atoms with Crippen LogP contribution in [0, 0.1) is 0 Å². The lowest BCUT2D eigenvalue weighted by molar-refractivity contribution is 0.360. The van der Waals surface area contributed by atoms with Crippen LogP contribution < -0.4 is 10.2 Å². The summed E-state index contributed by atoms with van der Waals surface area (Å²) in [4.78, 5) is 13.3. The molecule has 0 radical (unpaired) electrons. The van der Waals surface area contributed by atoms with Crippen molar-refractivity contribution in [2.24, 2.45) is 0 Å². The van der Waals surface area contributed by atoms with Gasteiger partial charge in [0, 0.05) is 32.2 Å². The van der Waals surface area contributed by atoms with Gasteiger partial charge in [0.2, 0.25) is 0 Å². The number of aromatic nitrogens is 2. The Kier molecular flexibility index (Phi) is 4.14. The van der Waals surface area contributed by atoms with Gasteiger partial charge in [0.15, 0.2) is 0 Å². The van der Waals surface area contributed by atoms with Crippen LogP contribution in [0.4, 0.5) is 11.6 Å². The van der Waals surface area contributed by atoms with E-state index < -0.39 is 0 Å². The molecule has 0 aromatic carbocycles. The molecule has 1 aromatic heterocycles. The third-order valence-corrected chi connectivity index (χ3v) is 3.05. The van der Waals surface area contributed by atoms with Gasteiger partial charge >= 0.3 is 0 Å². The molecule has 1 aliphatic heterocycles. The fraction of sp³-hybridized carbons (Fsp3) is 0.667. The number of nitrogens with one attached hydrogen (secondary N) is 1. The molecule has 5 nitrogen and oxygen atoms in total. The normalized spacial score (nSPS) is 17.9. The molecule has 1 fully saturated rings. The predicted octanol–water partition coefficient (Wildman–Crippen LogP) is 1.05. The summed E-state index contributed by atoms with van der Waals surface area (Å²) < 4.78 is 0. The second kappa shape index (κ2) is 5.82. The van der Waals surface area contributed by atoms with Crippen LogP contribution in [0.1, 0.15) is 13.3 Å². The van der Waals surface area contributed by atoms with Crippen molar-refractivity contribution < 1.29 is 0 Å². The van der Waals surface area contributed by atoms with Gasteiger partial charge in [-0.25, -0.2) is 9.97 Å². The zero-order valence-electron chi connectivity index (χ0n) is 10.7. The highest BCUT2D eigenvalue weighted by atomic mass is 15.2. The van der Waals surface area contributed by atoms with Crippen LogP contribution in [0.3, 0.4) is 0 Å². The molecule has 1 aromatic rings. The van der Waals surface area contributed by atoms with Gasteiger partial charge in [0.25, 0.3) is 0 Å². The Balaban J connectivity index is 2.07. The second-order valence-corrected chi connectivity index (χ2v) is 4.44. The van der Waals surface area contributed by atoms with Gasteiger partial charge in [-0.3, -0.25) is 0 Å². The van der Waals surface area contributed by atoms with Crippen molar-refractivity contribution >= 4 is 11.6 Å². The van der Waals surface area contributed by atoms with Crippen molar-refractivity contribution in [3.8, 4) is 0 Å². The topological polar surface area (TPSA) is 44.3 Å². The maximum Gasteiger partial charge on any atom is 0.134 e. The van der Waals surface area contributed by atoms with Gasteiger partial charge in [-0.05, 0) is 26.9 Å². The fourth-order valence-electron chi connectivity index (χ4n) is 2.07. The maximum absolute atomic E-state index is 4.37. The molecule has 5 heteroatoms. The summed E-state index contributed by atoms with van der Waals surface area (Å²) >= 11 is 0. The fourth-order valence-corrected chi connectivity index (χ4v) is 2.07. The van der Waals surface area contributed by atoms with Crippen LogP contribution in [0.15, 0.2) is 12.4 Å². The Morgan fingerprint density at radius 3 is 2.94 bits per heavy atom. The Morgan fingerprint density at radius 1 is 1.24 bits per heavy atom. The van der Waals surface area contributed by atoms with Gasteiger partial charge in [0.05, 0.1) is 0 Å². The first-order valence-corrected chi connectivity index (χ1v) is 6.29. The first-order chi connectivity index (χ1) is 8.29. The molecule has 0 bridgehead atoms. The van der Waals surface area contributed by atoms with Crippen molar-refractivity contribution in [1.29, 1.82) is 0 Å². The second-order valence-electron chi connectivity index (χ2n) is 4.44. The summed E-state index contributed by atoms with van der Waals surface area (Å²) in [6.07, 6.45) is 2.83. The largest absolute Gasteiger partial charge is 0.370 e. The molecule has 2 heterocycles. The Hall–Kier alpha value is -1.36. The summed E-state index contributed by atoms with van der Waals surface area (Å²) in [5.41, 5.74) is 0. The molecule has 0 unspecified atom stereocenters. The summed E-state index contributed by atoms with van der Waals surface area (Å²) in [6.45, 7) is 7.34. The molecule has 0 amide bonds. The number of nitrogens with zero attached hydrogens (tertiary/aromatic N) is 4. The monoisotopic (exact) mass is 235 g/mol. The molecule has 1 N–H and O–H groups in total. The number of hydrogen-bond acceptors (Lipinski definition) is 5. The maximum atomic E-state index is 4.37. The summed E-state index contributed by atoms with van der Waals surface area (Å²) in [5.74, 6) is 1.95. The summed E-state index contributed by atoms with van der Waals surface area (Å²) in [5, 5.41) is 3.22. The minimum Gasteiger partial charge on any atom is -0.370 e. The zero-order chi connectivity index (χ0) is 12.1. The van der Waals surface area contributed by atoms with E-state index in [4.69, 9.17) is 0 Å². The molecule has 94 valence electrons. The molecule has 0 saturated carbocycles. The average molecular weight is 235 g/mol. The lowest BCUT2D eigenvalue weighted by atomic mass is 10.3. The van der Waals surface area contributed by atoms with Gasteiger partial charge in [0.1, 0.15) is 18.0 Å². The minimum atomic E-state index is 0.888. The van der Waals surface area contributed by atoms with Gasteiger partial charge in [-0.15, -0.1) is 0 Å². The third kappa shape index (κ3) is 3.30. The zero-order valence-corrected chi connectivity index (χ0v) is 10.7. The average Bonchev–Trinajstić information content (AvgIpc) is 2.55. The lowest BCUT2D eigenvalue weighted by Crippen LogP contribution is -2.29. The first-order valence-electron chi connectivity index (χ1n) is 6.29. The van der Waals surface area contributed by atoms with E-state index in [2.05, 4.69) is 39.1 Å². The van der Waals surface area contributed by atoms with Crippen molar-refractivity contribution in [2.45, 2.75) is 13.3 Å². The van der Waals surface area contributed by atoms with Crippen molar-refractivity contribution in [3.05, 3.63) is 12.4 Å². The van der Waals surface area contributed by atoms with E-state index >= 15 is 0 Å². The number of anilines is 2. The summed E-state index contributed by atoms with van der Waals surface area (Å²) in [6, 6.07) is 2.04. The highest BCUT2D eigenvalue weighted by Gasteiger charge is 2.13. The van der Waals surface area contributed by atoms with Gasteiger partial charge in [-0.1, -0.05) is 0 Å². The Bertz CT molecular complexity index is 355. The molecule has 2 rings (SSSR count). The van der Waals surface area contributed by atoms with E-state index in [1.54, 1.807) is 6.33 Å². The van der Waals surface area contributed by atoms with Gasteiger partial charge in [-0.2, -0.15) is 0 Å². The minimum absolute atomic E-state index is 0.888. The van der Waals surface area contributed by atoms with Crippen molar-refractivity contribution in [1.82, 2.24) is 14.9 Å². The van der Waals surface area contributed by atoms with E-state index in [1.807, 2.05) is 6.07 Å². The summed E-state index contributed by atoms with van der Waals surface area (Å²) in [7, 11) is 2.17. The first kappa shape index (κ1) is 12.1. The smallest absolute Gasteiger partial charge is 0.134 e. The van der Waals surface area contributed by atoms with Crippen molar-refractivity contribution in [2.75, 3.05) is 50.0 Å². The molecule has 1 saturated heterocycles. The standard InChI is InChI=1S/C12H21N5/c1-3-13-11-9-12(15-10-14-11)17-6-4-5-16(2)7-8-17/h9-10H,3-8H2,1-2H3,(H,13,14,15). The van der Waals surface area contributed by atoms with Crippen LogP contribution >= 0.6 is 0 Å². The highest BCUT2D eigenvalue weighted by Crippen LogP contribution is 2.15. The van der Waals surface area contributed by atoms with E-state index in [0.29, 0.717) is 0 Å². The number of hydrogen-bond donors (Lipinski definition) is 1. The van der Waals surface area contributed by atoms with E-state index in [1.165, 1.54) is 13.0 Å². The van der Waals surface area contributed by atoms with E-state index in [9.17, 15) is 0 Å². The molecule has 1 aliphatic rings. The highest BCUT2D eigenvalue weighted by molar-refractivity contribution is 5.48. The molecular formula is C12H21N5.